The van der Waals surface area contributed by atoms with Crippen LogP contribution in [0.2, 0.25) is 0 Å². The maximum absolute atomic E-state index is 5.85. The number of ether oxygens (including phenoxy) is 1. The van der Waals surface area contributed by atoms with E-state index in [9.17, 15) is 0 Å². The summed E-state index contributed by atoms with van der Waals surface area (Å²) >= 11 is 0. The van der Waals surface area contributed by atoms with E-state index in [4.69, 9.17) is 10.5 Å². The largest absolute Gasteiger partial charge is 0.385 e. The van der Waals surface area contributed by atoms with E-state index < -0.39 is 0 Å². The summed E-state index contributed by atoms with van der Waals surface area (Å²) in [6, 6.07) is 0. The van der Waals surface area contributed by atoms with Gasteiger partial charge in [-0.15, -0.1) is 0 Å². The van der Waals surface area contributed by atoms with Crippen molar-refractivity contribution in [3.8, 4) is 0 Å². The summed E-state index contributed by atoms with van der Waals surface area (Å²) < 4.78 is 5.14. The highest BCUT2D eigenvalue weighted by Crippen LogP contribution is 2.24. The van der Waals surface area contributed by atoms with Crippen molar-refractivity contribution in [1.82, 2.24) is 5.32 Å². The quantitative estimate of drug-likeness (QED) is 0.668. The van der Waals surface area contributed by atoms with E-state index in [1.807, 2.05) is 0 Å². The minimum absolute atomic E-state index is 0.289. The monoisotopic (exact) mass is 258 g/mol. The van der Waals surface area contributed by atoms with Crippen molar-refractivity contribution in [2.24, 2.45) is 22.5 Å². The van der Waals surface area contributed by atoms with Crippen LogP contribution in [0.1, 0.15) is 47.5 Å². The van der Waals surface area contributed by atoms with Gasteiger partial charge in [-0.2, -0.15) is 0 Å². The molecule has 0 radical (unpaired) electrons. The SMILES string of the molecule is COCCC(C)(C)CNCC(CN)CC(C)(C)C. The minimum Gasteiger partial charge on any atom is -0.385 e. The molecule has 110 valence electrons. The van der Waals surface area contributed by atoms with E-state index in [2.05, 4.69) is 39.9 Å². The van der Waals surface area contributed by atoms with Crippen LogP contribution in [0.15, 0.2) is 0 Å². The van der Waals surface area contributed by atoms with Crippen LogP contribution >= 0.6 is 0 Å². The molecule has 0 amide bonds. The highest BCUT2D eigenvalue weighted by molar-refractivity contribution is 4.75. The number of rotatable bonds is 9. The molecule has 0 aromatic rings. The summed E-state index contributed by atoms with van der Waals surface area (Å²) in [4.78, 5) is 0. The lowest BCUT2D eigenvalue weighted by atomic mass is 9.84. The molecule has 18 heavy (non-hydrogen) atoms. The van der Waals surface area contributed by atoms with Gasteiger partial charge in [-0.3, -0.25) is 0 Å². The Morgan fingerprint density at radius 1 is 1.17 bits per heavy atom. The molecule has 0 saturated heterocycles. The van der Waals surface area contributed by atoms with Gasteiger partial charge in [0.15, 0.2) is 0 Å². The Morgan fingerprint density at radius 3 is 2.22 bits per heavy atom. The molecule has 0 bridgehead atoms. The van der Waals surface area contributed by atoms with Gasteiger partial charge in [0.2, 0.25) is 0 Å². The van der Waals surface area contributed by atoms with Crippen LogP contribution in [-0.2, 0) is 4.74 Å². The second kappa shape index (κ2) is 8.13. The predicted molar refractivity (Wildman–Crippen MR) is 79.8 cm³/mol. The maximum atomic E-state index is 5.85. The summed E-state index contributed by atoms with van der Waals surface area (Å²) in [5, 5.41) is 3.57. The molecule has 1 atom stereocenters. The van der Waals surface area contributed by atoms with Crippen LogP contribution < -0.4 is 11.1 Å². The normalized spacial score (nSPS) is 14.8. The summed E-state index contributed by atoms with van der Waals surface area (Å²) in [6.45, 7) is 15.0. The molecule has 0 fully saturated rings. The molecule has 0 saturated carbocycles. The lowest BCUT2D eigenvalue weighted by molar-refractivity contribution is 0.149. The first kappa shape index (κ1) is 17.9. The molecule has 1 unspecified atom stereocenters. The van der Waals surface area contributed by atoms with Gasteiger partial charge in [0, 0.05) is 20.3 Å². The van der Waals surface area contributed by atoms with Gasteiger partial charge in [-0.25, -0.2) is 0 Å². The standard InChI is InChI=1S/C15H34N2O/c1-14(2,3)9-13(10-16)11-17-12-15(4,5)7-8-18-6/h13,17H,7-12,16H2,1-6H3. The molecule has 0 aliphatic rings. The number of nitrogens with two attached hydrogens (primary N) is 1. The van der Waals surface area contributed by atoms with Gasteiger partial charge in [-0.1, -0.05) is 34.6 Å². The van der Waals surface area contributed by atoms with Crippen LogP contribution in [0.25, 0.3) is 0 Å². The zero-order valence-corrected chi connectivity index (χ0v) is 13.3. The Hall–Kier alpha value is -0.120. The fraction of sp³-hybridized carbons (Fsp3) is 1.00. The van der Waals surface area contributed by atoms with Crippen molar-refractivity contribution in [1.29, 1.82) is 0 Å². The molecule has 0 aromatic heterocycles. The third kappa shape index (κ3) is 9.86. The molecule has 0 aliphatic heterocycles. The average molecular weight is 258 g/mol. The van der Waals surface area contributed by atoms with E-state index in [1.165, 1.54) is 6.42 Å². The van der Waals surface area contributed by atoms with E-state index in [0.717, 1.165) is 32.7 Å². The molecule has 0 spiro atoms. The third-order valence-electron chi connectivity index (χ3n) is 3.25. The first-order valence-corrected chi connectivity index (χ1v) is 7.10. The second-order valence-corrected chi connectivity index (χ2v) is 7.40. The Bertz CT molecular complexity index is 209. The van der Waals surface area contributed by atoms with Crippen LogP contribution in [0.5, 0.6) is 0 Å². The zero-order valence-electron chi connectivity index (χ0n) is 13.3. The fourth-order valence-electron chi connectivity index (χ4n) is 2.19. The minimum atomic E-state index is 0.289. The van der Waals surface area contributed by atoms with Crippen LogP contribution in [0.3, 0.4) is 0 Å². The third-order valence-corrected chi connectivity index (χ3v) is 3.25. The Kier molecular flexibility index (Phi) is 8.08. The molecule has 0 heterocycles. The Labute approximate surface area is 114 Å². The van der Waals surface area contributed by atoms with Gasteiger partial charge < -0.3 is 15.8 Å². The smallest absolute Gasteiger partial charge is 0.0467 e. The van der Waals surface area contributed by atoms with Crippen molar-refractivity contribution >= 4 is 0 Å². The molecule has 3 nitrogen and oxygen atoms in total. The van der Waals surface area contributed by atoms with E-state index in [-0.39, 0.29) is 5.41 Å². The van der Waals surface area contributed by atoms with Crippen molar-refractivity contribution < 1.29 is 4.74 Å². The number of hydrogen-bond acceptors (Lipinski definition) is 3. The number of hydrogen-bond donors (Lipinski definition) is 2. The zero-order chi connectivity index (χ0) is 14.2. The molecule has 3 heteroatoms. The summed E-state index contributed by atoms with van der Waals surface area (Å²) in [6.07, 6.45) is 2.26. The van der Waals surface area contributed by atoms with Crippen molar-refractivity contribution in [2.75, 3.05) is 33.4 Å². The molecule has 0 aromatic carbocycles. The van der Waals surface area contributed by atoms with Gasteiger partial charge >= 0.3 is 0 Å². The summed E-state index contributed by atoms with van der Waals surface area (Å²) in [5.74, 6) is 0.572. The highest BCUT2D eigenvalue weighted by atomic mass is 16.5. The number of nitrogens with one attached hydrogen (secondary N) is 1. The molecule has 0 rings (SSSR count). The first-order chi connectivity index (χ1) is 8.20. The van der Waals surface area contributed by atoms with Crippen molar-refractivity contribution in [2.45, 2.75) is 47.5 Å². The van der Waals surface area contributed by atoms with E-state index in [1.54, 1.807) is 7.11 Å². The van der Waals surface area contributed by atoms with Gasteiger partial charge in [0.05, 0.1) is 0 Å². The molecular formula is C15H34N2O. The predicted octanol–water partition coefficient (Wildman–Crippen LogP) is 2.65. The topological polar surface area (TPSA) is 47.3 Å². The van der Waals surface area contributed by atoms with Crippen molar-refractivity contribution in [3.63, 3.8) is 0 Å². The lowest BCUT2D eigenvalue weighted by Gasteiger charge is -2.28. The fourth-order valence-corrected chi connectivity index (χ4v) is 2.19. The lowest BCUT2D eigenvalue weighted by Crippen LogP contribution is -2.36. The summed E-state index contributed by atoms with van der Waals surface area (Å²) in [5.41, 5.74) is 6.50. The number of methoxy groups -OCH3 is 1. The van der Waals surface area contributed by atoms with Gasteiger partial charge in [0.25, 0.3) is 0 Å². The van der Waals surface area contributed by atoms with Crippen LogP contribution in [0, 0.1) is 16.7 Å². The van der Waals surface area contributed by atoms with E-state index >= 15 is 0 Å². The molecule has 3 N–H and O–H groups in total. The van der Waals surface area contributed by atoms with Crippen LogP contribution in [0.4, 0.5) is 0 Å². The van der Waals surface area contributed by atoms with Gasteiger partial charge in [-0.05, 0) is 42.7 Å². The Balaban J connectivity index is 3.92. The molecule has 0 aliphatic carbocycles. The van der Waals surface area contributed by atoms with E-state index in [0.29, 0.717) is 11.3 Å². The van der Waals surface area contributed by atoms with Crippen LogP contribution in [-0.4, -0.2) is 33.4 Å². The molecular weight excluding hydrogens is 224 g/mol. The maximum Gasteiger partial charge on any atom is 0.0467 e. The Morgan fingerprint density at radius 2 is 1.78 bits per heavy atom. The summed E-state index contributed by atoms with van der Waals surface area (Å²) in [7, 11) is 1.76. The first-order valence-electron chi connectivity index (χ1n) is 7.10. The van der Waals surface area contributed by atoms with Gasteiger partial charge in [0.1, 0.15) is 0 Å². The average Bonchev–Trinajstić information content (AvgIpc) is 2.23. The second-order valence-electron chi connectivity index (χ2n) is 7.40. The highest BCUT2D eigenvalue weighted by Gasteiger charge is 2.20. The van der Waals surface area contributed by atoms with Crippen molar-refractivity contribution in [3.05, 3.63) is 0 Å².